The number of hydrogen-bond acceptors (Lipinski definition) is 4. The molecule has 0 unspecified atom stereocenters. The molecule has 0 aliphatic heterocycles. The SMILES string of the molecule is CCOCCCNC(=O)c1cnc(Cl)cn1. The molecule has 6 heteroatoms. The van der Waals surface area contributed by atoms with Crippen molar-refractivity contribution in [1.29, 1.82) is 0 Å². The monoisotopic (exact) mass is 243 g/mol. The van der Waals surface area contributed by atoms with Crippen molar-refractivity contribution in [3.63, 3.8) is 0 Å². The van der Waals surface area contributed by atoms with Crippen LogP contribution in [0.3, 0.4) is 0 Å². The molecule has 0 radical (unpaired) electrons. The van der Waals surface area contributed by atoms with E-state index in [1.807, 2.05) is 6.92 Å². The van der Waals surface area contributed by atoms with Gasteiger partial charge < -0.3 is 10.1 Å². The summed E-state index contributed by atoms with van der Waals surface area (Å²) in [6, 6.07) is 0. The summed E-state index contributed by atoms with van der Waals surface area (Å²) in [5.41, 5.74) is 0.265. The van der Waals surface area contributed by atoms with Gasteiger partial charge in [0.25, 0.3) is 5.91 Å². The zero-order chi connectivity index (χ0) is 11.8. The average Bonchev–Trinajstić information content (AvgIpc) is 2.29. The highest BCUT2D eigenvalue weighted by atomic mass is 35.5. The minimum atomic E-state index is -0.249. The smallest absolute Gasteiger partial charge is 0.271 e. The molecule has 1 rings (SSSR count). The van der Waals surface area contributed by atoms with Crippen LogP contribution in [0.2, 0.25) is 5.15 Å². The van der Waals surface area contributed by atoms with Crippen molar-refractivity contribution in [2.24, 2.45) is 0 Å². The number of carbonyl (C=O) groups is 1. The van der Waals surface area contributed by atoms with Crippen molar-refractivity contribution in [1.82, 2.24) is 15.3 Å². The quantitative estimate of drug-likeness (QED) is 0.765. The Labute approximate surface area is 99.2 Å². The van der Waals surface area contributed by atoms with Crippen LogP contribution in [0.5, 0.6) is 0 Å². The maximum Gasteiger partial charge on any atom is 0.271 e. The normalized spacial score (nSPS) is 10.1. The lowest BCUT2D eigenvalue weighted by molar-refractivity contribution is 0.0939. The average molecular weight is 244 g/mol. The lowest BCUT2D eigenvalue weighted by Gasteiger charge is -2.04. The first kappa shape index (κ1) is 12.9. The molecule has 0 aliphatic carbocycles. The second kappa shape index (κ2) is 7.14. The summed E-state index contributed by atoms with van der Waals surface area (Å²) in [4.78, 5) is 19.1. The Morgan fingerprint density at radius 2 is 2.31 bits per heavy atom. The first-order chi connectivity index (χ1) is 7.74. The fraction of sp³-hybridized carbons (Fsp3) is 0.500. The third-order valence-electron chi connectivity index (χ3n) is 1.81. The molecule has 5 nitrogen and oxygen atoms in total. The van der Waals surface area contributed by atoms with Gasteiger partial charge in [0, 0.05) is 19.8 Å². The van der Waals surface area contributed by atoms with Crippen molar-refractivity contribution in [2.45, 2.75) is 13.3 Å². The molecule has 1 N–H and O–H groups in total. The molecule has 0 spiro atoms. The molecule has 0 atom stereocenters. The van der Waals surface area contributed by atoms with Crippen molar-refractivity contribution >= 4 is 17.5 Å². The first-order valence-electron chi connectivity index (χ1n) is 5.07. The van der Waals surface area contributed by atoms with E-state index in [0.717, 1.165) is 6.42 Å². The molecule has 88 valence electrons. The Bertz CT molecular complexity index is 329. The number of ether oxygens (including phenoxy) is 1. The maximum absolute atomic E-state index is 11.5. The minimum Gasteiger partial charge on any atom is -0.382 e. The van der Waals surface area contributed by atoms with Crippen LogP contribution in [0.4, 0.5) is 0 Å². The second-order valence-electron chi connectivity index (χ2n) is 3.03. The van der Waals surface area contributed by atoms with E-state index in [4.69, 9.17) is 16.3 Å². The number of hydrogen-bond donors (Lipinski definition) is 1. The number of halogens is 1. The van der Waals surface area contributed by atoms with Crippen LogP contribution in [0.1, 0.15) is 23.8 Å². The van der Waals surface area contributed by atoms with E-state index in [1.165, 1.54) is 12.4 Å². The highest BCUT2D eigenvalue weighted by Gasteiger charge is 2.06. The Morgan fingerprint density at radius 3 is 2.94 bits per heavy atom. The van der Waals surface area contributed by atoms with Crippen LogP contribution in [-0.4, -0.2) is 35.6 Å². The molecular weight excluding hydrogens is 230 g/mol. The summed E-state index contributed by atoms with van der Waals surface area (Å²) in [5, 5.41) is 2.98. The Hall–Kier alpha value is -1.20. The number of carbonyl (C=O) groups excluding carboxylic acids is 1. The van der Waals surface area contributed by atoms with E-state index in [9.17, 15) is 4.79 Å². The number of amides is 1. The van der Waals surface area contributed by atoms with Crippen LogP contribution in [0.15, 0.2) is 12.4 Å². The van der Waals surface area contributed by atoms with Gasteiger partial charge in [-0.05, 0) is 13.3 Å². The molecule has 1 aromatic heterocycles. The maximum atomic E-state index is 11.5. The molecule has 0 bridgehead atoms. The lowest BCUT2D eigenvalue weighted by Crippen LogP contribution is -2.26. The van der Waals surface area contributed by atoms with Gasteiger partial charge in [-0.1, -0.05) is 11.6 Å². The van der Waals surface area contributed by atoms with Crippen molar-refractivity contribution < 1.29 is 9.53 Å². The van der Waals surface area contributed by atoms with Gasteiger partial charge in [-0.2, -0.15) is 0 Å². The van der Waals surface area contributed by atoms with Crippen molar-refractivity contribution in [3.05, 3.63) is 23.2 Å². The highest BCUT2D eigenvalue weighted by molar-refractivity contribution is 6.29. The molecule has 0 aromatic carbocycles. The number of rotatable bonds is 6. The molecule has 0 saturated heterocycles. The zero-order valence-electron chi connectivity index (χ0n) is 9.07. The van der Waals surface area contributed by atoms with Gasteiger partial charge >= 0.3 is 0 Å². The fourth-order valence-corrected chi connectivity index (χ4v) is 1.14. The molecular formula is C10H14ClN3O2. The summed E-state index contributed by atoms with van der Waals surface area (Å²) in [6.45, 7) is 3.82. The number of aromatic nitrogens is 2. The Balaban J connectivity index is 2.27. The van der Waals surface area contributed by atoms with E-state index >= 15 is 0 Å². The zero-order valence-corrected chi connectivity index (χ0v) is 9.83. The Kier molecular flexibility index (Phi) is 5.74. The molecule has 0 fully saturated rings. The third kappa shape index (κ3) is 4.55. The molecule has 1 aromatic rings. The fourth-order valence-electron chi connectivity index (χ4n) is 1.04. The standard InChI is InChI=1S/C10H14ClN3O2/c1-2-16-5-3-4-12-10(15)8-6-14-9(11)7-13-8/h6-7H,2-5H2,1H3,(H,12,15). The summed E-state index contributed by atoms with van der Waals surface area (Å²) >= 11 is 5.56. The number of nitrogens with zero attached hydrogens (tertiary/aromatic N) is 2. The summed E-state index contributed by atoms with van der Waals surface area (Å²) < 4.78 is 5.14. The predicted octanol–water partition coefficient (Wildman–Crippen LogP) is 1.29. The van der Waals surface area contributed by atoms with Gasteiger partial charge in [0.2, 0.25) is 0 Å². The van der Waals surface area contributed by atoms with Crippen LogP contribution in [0.25, 0.3) is 0 Å². The summed E-state index contributed by atoms with van der Waals surface area (Å²) in [7, 11) is 0. The van der Waals surface area contributed by atoms with Crippen molar-refractivity contribution in [2.75, 3.05) is 19.8 Å². The van der Waals surface area contributed by atoms with E-state index in [-0.39, 0.29) is 16.8 Å². The molecule has 1 amide bonds. The minimum absolute atomic E-state index is 0.249. The van der Waals surface area contributed by atoms with Gasteiger partial charge in [0.15, 0.2) is 0 Å². The summed E-state index contributed by atoms with van der Waals surface area (Å²) in [6.07, 6.45) is 3.47. The Morgan fingerprint density at radius 1 is 1.50 bits per heavy atom. The van der Waals surface area contributed by atoms with E-state index in [2.05, 4.69) is 15.3 Å². The largest absolute Gasteiger partial charge is 0.382 e. The van der Waals surface area contributed by atoms with E-state index < -0.39 is 0 Å². The molecule has 0 saturated carbocycles. The molecule has 16 heavy (non-hydrogen) atoms. The third-order valence-corrected chi connectivity index (χ3v) is 2.00. The predicted molar refractivity (Wildman–Crippen MR) is 60.5 cm³/mol. The van der Waals surface area contributed by atoms with Gasteiger partial charge in [-0.3, -0.25) is 4.79 Å². The molecule has 0 aliphatic rings. The van der Waals surface area contributed by atoms with Gasteiger partial charge in [-0.25, -0.2) is 9.97 Å². The number of nitrogens with one attached hydrogen (secondary N) is 1. The second-order valence-corrected chi connectivity index (χ2v) is 3.42. The highest BCUT2D eigenvalue weighted by Crippen LogP contribution is 2.00. The van der Waals surface area contributed by atoms with Crippen LogP contribution in [-0.2, 0) is 4.74 Å². The lowest BCUT2D eigenvalue weighted by atomic mass is 10.4. The van der Waals surface area contributed by atoms with Gasteiger partial charge in [0.05, 0.1) is 12.4 Å². The van der Waals surface area contributed by atoms with E-state index in [1.54, 1.807) is 0 Å². The first-order valence-corrected chi connectivity index (χ1v) is 5.45. The van der Waals surface area contributed by atoms with Crippen LogP contribution >= 0.6 is 11.6 Å². The van der Waals surface area contributed by atoms with Crippen LogP contribution in [0, 0.1) is 0 Å². The van der Waals surface area contributed by atoms with E-state index in [0.29, 0.717) is 19.8 Å². The topological polar surface area (TPSA) is 64.1 Å². The molecule has 1 heterocycles. The van der Waals surface area contributed by atoms with Crippen molar-refractivity contribution in [3.8, 4) is 0 Å². The van der Waals surface area contributed by atoms with Crippen LogP contribution < -0.4 is 5.32 Å². The van der Waals surface area contributed by atoms with Gasteiger partial charge in [0.1, 0.15) is 10.8 Å². The van der Waals surface area contributed by atoms with Gasteiger partial charge in [-0.15, -0.1) is 0 Å². The summed E-state index contributed by atoms with van der Waals surface area (Å²) in [5.74, 6) is -0.249.